The Morgan fingerprint density at radius 2 is 2.07 bits per heavy atom. The molecule has 4 aromatic rings. The van der Waals surface area contributed by atoms with Crippen molar-refractivity contribution in [2.75, 3.05) is 5.32 Å². The van der Waals surface area contributed by atoms with Crippen molar-refractivity contribution in [3.05, 3.63) is 65.8 Å². The number of nitriles is 1. The topological polar surface area (TPSA) is 110 Å². The van der Waals surface area contributed by atoms with Gasteiger partial charge >= 0.3 is 0 Å². The third-order valence-corrected chi connectivity index (χ3v) is 5.27. The van der Waals surface area contributed by atoms with Crippen LogP contribution in [0.2, 0.25) is 0 Å². The molecular formula is C21H18N6O2S. The first-order valence-electron chi connectivity index (χ1n) is 9.28. The van der Waals surface area contributed by atoms with E-state index in [9.17, 15) is 4.79 Å². The molecule has 0 atom stereocenters. The van der Waals surface area contributed by atoms with Crippen molar-refractivity contribution in [3.8, 4) is 6.07 Å². The summed E-state index contributed by atoms with van der Waals surface area (Å²) in [6.07, 6.45) is 3.66. The zero-order valence-electron chi connectivity index (χ0n) is 16.2. The summed E-state index contributed by atoms with van der Waals surface area (Å²) < 4.78 is 7.52. The van der Waals surface area contributed by atoms with Gasteiger partial charge in [0.1, 0.15) is 11.4 Å². The summed E-state index contributed by atoms with van der Waals surface area (Å²) in [4.78, 5) is 21.6. The van der Waals surface area contributed by atoms with Gasteiger partial charge in [0.05, 0.1) is 24.7 Å². The second-order valence-electron chi connectivity index (χ2n) is 6.48. The third-order valence-electron chi connectivity index (χ3n) is 4.37. The summed E-state index contributed by atoms with van der Waals surface area (Å²) in [5, 5.41) is 17.6. The Balaban J connectivity index is 1.63. The van der Waals surface area contributed by atoms with Crippen LogP contribution in [0.15, 0.2) is 58.4 Å². The highest BCUT2D eigenvalue weighted by Gasteiger charge is 2.22. The van der Waals surface area contributed by atoms with Gasteiger partial charge in [-0.15, -0.1) is 0 Å². The molecule has 0 saturated carbocycles. The molecule has 0 radical (unpaired) electrons. The molecule has 3 heterocycles. The Labute approximate surface area is 176 Å². The first-order valence-corrected chi connectivity index (χ1v) is 10.3. The van der Waals surface area contributed by atoms with Gasteiger partial charge in [0.2, 0.25) is 0 Å². The molecule has 30 heavy (non-hydrogen) atoms. The lowest BCUT2D eigenvalue weighted by atomic mass is 10.1. The predicted molar refractivity (Wildman–Crippen MR) is 113 cm³/mol. The van der Waals surface area contributed by atoms with Crippen molar-refractivity contribution >= 4 is 34.5 Å². The van der Waals surface area contributed by atoms with E-state index >= 15 is 0 Å². The van der Waals surface area contributed by atoms with E-state index in [0.29, 0.717) is 35.3 Å². The van der Waals surface area contributed by atoms with Gasteiger partial charge in [0.25, 0.3) is 5.91 Å². The Morgan fingerprint density at radius 1 is 1.27 bits per heavy atom. The first-order chi connectivity index (χ1) is 14.7. The third kappa shape index (κ3) is 4.18. The van der Waals surface area contributed by atoms with E-state index in [2.05, 4.69) is 26.5 Å². The fourth-order valence-electron chi connectivity index (χ4n) is 3.07. The molecule has 0 fully saturated rings. The number of nitrogens with zero attached hydrogens (tertiary/aromatic N) is 5. The van der Waals surface area contributed by atoms with Gasteiger partial charge in [-0.3, -0.25) is 4.79 Å². The quantitative estimate of drug-likeness (QED) is 0.354. The summed E-state index contributed by atoms with van der Waals surface area (Å²) in [5.41, 5.74) is 2.17. The van der Waals surface area contributed by atoms with Gasteiger partial charge in [-0.1, -0.05) is 30.0 Å². The molecule has 1 amide bonds. The number of carbonyl (C=O) groups is 1. The van der Waals surface area contributed by atoms with E-state index in [4.69, 9.17) is 9.68 Å². The van der Waals surface area contributed by atoms with Crippen LogP contribution in [-0.2, 0) is 12.3 Å². The van der Waals surface area contributed by atoms with Gasteiger partial charge in [0.15, 0.2) is 10.9 Å². The van der Waals surface area contributed by atoms with Crippen LogP contribution >= 0.6 is 11.8 Å². The number of anilines is 1. The fraction of sp³-hybridized carbons (Fsp3) is 0.190. The number of benzene rings is 1. The summed E-state index contributed by atoms with van der Waals surface area (Å²) in [6.45, 7) is 2.23. The highest BCUT2D eigenvalue weighted by atomic mass is 32.2. The summed E-state index contributed by atoms with van der Waals surface area (Å²) in [7, 11) is 0. The molecule has 150 valence electrons. The Hall–Kier alpha value is -3.64. The van der Waals surface area contributed by atoms with Crippen molar-refractivity contribution in [3.63, 3.8) is 0 Å². The number of carbonyl (C=O) groups excluding carboxylic acids is 1. The minimum atomic E-state index is -0.367. The molecule has 0 unspecified atom stereocenters. The molecule has 0 spiro atoms. The van der Waals surface area contributed by atoms with E-state index < -0.39 is 0 Å². The molecule has 3 aromatic heterocycles. The second-order valence-corrected chi connectivity index (χ2v) is 7.42. The highest BCUT2D eigenvalue weighted by molar-refractivity contribution is 7.98. The number of fused-ring (bicyclic) bond motifs is 1. The number of furan rings is 1. The van der Waals surface area contributed by atoms with Crippen LogP contribution < -0.4 is 5.32 Å². The number of hydrogen-bond acceptors (Lipinski definition) is 7. The normalized spacial score (nSPS) is 10.8. The molecule has 0 aliphatic carbocycles. The second kappa shape index (κ2) is 8.80. The number of nitrogens with one attached hydrogen (secondary N) is 1. The lowest BCUT2D eigenvalue weighted by molar-refractivity contribution is 0.0996. The van der Waals surface area contributed by atoms with Gasteiger partial charge < -0.3 is 9.73 Å². The van der Waals surface area contributed by atoms with Gasteiger partial charge in [0, 0.05) is 35.2 Å². The summed E-state index contributed by atoms with van der Waals surface area (Å²) in [5.74, 6) is 0.883. The number of hydrogen-bond donors (Lipinski definition) is 1. The highest BCUT2D eigenvalue weighted by Crippen LogP contribution is 2.31. The zero-order chi connectivity index (χ0) is 20.9. The van der Waals surface area contributed by atoms with Crippen LogP contribution in [0.5, 0.6) is 0 Å². The molecule has 0 aliphatic heterocycles. The molecule has 0 aliphatic rings. The lowest BCUT2D eigenvalue weighted by Crippen LogP contribution is -2.16. The standard InChI is InChI=1S/C21H18N6O2S/c1-14-12-18(27(26-14)11-4-8-22)25-20(28)19-16(13-30-21-23-9-5-10-24-21)15-6-2-3-7-17(15)29-19/h2-3,5-7,9-10,12H,4,11,13H2,1H3,(H,25,28). The minimum Gasteiger partial charge on any atom is -0.451 e. The monoisotopic (exact) mass is 418 g/mol. The van der Waals surface area contributed by atoms with Crippen LogP contribution in [0.3, 0.4) is 0 Å². The molecular weight excluding hydrogens is 400 g/mol. The van der Waals surface area contributed by atoms with Gasteiger partial charge in [-0.05, 0) is 19.1 Å². The molecule has 0 bridgehead atoms. The average molecular weight is 418 g/mol. The first kappa shape index (κ1) is 19.7. The average Bonchev–Trinajstić information content (AvgIpc) is 3.31. The van der Waals surface area contributed by atoms with Crippen molar-refractivity contribution in [1.82, 2.24) is 19.7 Å². The molecule has 0 saturated heterocycles. The summed E-state index contributed by atoms with van der Waals surface area (Å²) >= 11 is 1.43. The molecule has 4 rings (SSSR count). The van der Waals surface area contributed by atoms with Crippen LogP contribution in [0, 0.1) is 18.3 Å². The number of amides is 1. The maximum atomic E-state index is 13.1. The smallest absolute Gasteiger partial charge is 0.292 e. The van der Waals surface area contributed by atoms with E-state index in [1.807, 2.05) is 31.2 Å². The zero-order valence-corrected chi connectivity index (χ0v) is 17.0. The van der Waals surface area contributed by atoms with E-state index in [1.54, 1.807) is 29.2 Å². The van der Waals surface area contributed by atoms with Gasteiger partial charge in [-0.2, -0.15) is 10.4 Å². The van der Waals surface area contributed by atoms with Crippen LogP contribution in [0.4, 0.5) is 5.82 Å². The maximum Gasteiger partial charge on any atom is 0.292 e. The predicted octanol–water partition coefficient (Wildman–Crippen LogP) is 4.19. The number of thioether (sulfide) groups is 1. The SMILES string of the molecule is Cc1cc(NC(=O)c2oc3ccccc3c2CSc2ncccn2)n(CCC#N)n1. The van der Waals surface area contributed by atoms with Crippen molar-refractivity contribution in [2.45, 2.75) is 30.8 Å². The largest absolute Gasteiger partial charge is 0.451 e. The van der Waals surface area contributed by atoms with Crippen molar-refractivity contribution in [2.24, 2.45) is 0 Å². The molecule has 8 nitrogen and oxygen atoms in total. The maximum absolute atomic E-state index is 13.1. The van der Waals surface area contributed by atoms with Crippen LogP contribution in [-0.4, -0.2) is 25.7 Å². The Morgan fingerprint density at radius 3 is 2.87 bits per heavy atom. The minimum absolute atomic E-state index is 0.241. The Kier molecular flexibility index (Phi) is 5.77. The van der Waals surface area contributed by atoms with E-state index in [1.165, 1.54) is 11.8 Å². The van der Waals surface area contributed by atoms with Gasteiger partial charge in [-0.25, -0.2) is 14.6 Å². The fourth-order valence-corrected chi connectivity index (χ4v) is 3.90. The Bertz CT molecular complexity index is 1230. The molecule has 1 aromatic carbocycles. The molecule has 1 N–H and O–H groups in total. The number of aromatic nitrogens is 4. The number of aryl methyl sites for hydroxylation is 2. The van der Waals surface area contributed by atoms with E-state index in [0.717, 1.165) is 16.6 Å². The molecule has 9 heteroatoms. The van der Waals surface area contributed by atoms with Crippen molar-refractivity contribution < 1.29 is 9.21 Å². The van der Waals surface area contributed by atoms with Crippen molar-refractivity contribution in [1.29, 1.82) is 5.26 Å². The lowest BCUT2D eigenvalue weighted by Gasteiger charge is -2.07. The van der Waals surface area contributed by atoms with Crippen LogP contribution in [0.25, 0.3) is 11.0 Å². The van der Waals surface area contributed by atoms with Crippen LogP contribution in [0.1, 0.15) is 28.2 Å². The number of para-hydroxylation sites is 1. The summed E-state index contributed by atoms with van der Waals surface area (Å²) in [6, 6.07) is 13.2. The van der Waals surface area contributed by atoms with E-state index in [-0.39, 0.29) is 11.7 Å². The number of rotatable bonds is 7.